The molecule has 5 heteroatoms. The van der Waals surface area contributed by atoms with Gasteiger partial charge in [-0.25, -0.2) is 0 Å². The highest BCUT2D eigenvalue weighted by Crippen LogP contribution is 2.13. The van der Waals surface area contributed by atoms with Crippen LogP contribution in [0, 0.1) is 5.41 Å². The quantitative estimate of drug-likeness (QED) is 0.741. The lowest BCUT2D eigenvalue weighted by Gasteiger charge is -2.19. The minimum absolute atomic E-state index is 0.0860. The molecule has 3 N–H and O–H groups in total. The van der Waals surface area contributed by atoms with E-state index in [-0.39, 0.29) is 31.4 Å². The van der Waals surface area contributed by atoms with Gasteiger partial charge in [-0.3, -0.25) is 9.59 Å². The largest absolute Gasteiger partial charge is 0.394 e. The molecule has 1 unspecified atom stereocenters. The molecule has 0 heterocycles. The summed E-state index contributed by atoms with van der Waals surface area (Å²) >= 11 is 0. The molecule has 0 saturated heterocycles. The molecule has 1 aromatic rings. The van der Waals surface area contributed by atoms with E-state index in [1.54, 1.807) is 0 Å². The number of hydrogen-bond donors (Lipinski definition) is 3. The highest BCUT2D eigenvalue weighted by Gasteiger charge is 2.21. The Labute approximate surface area is 125 Å². The molecule has 0 aliphatic rings. The molecule has 0 fully saturated rings. The summed E-state index contributed by atoms with van der Waals surface area (Å²) in [5.74, 6) is -0.288. The predicted molar refractivity (Wildman–Crippen MR) is 81.5 cm³/mol. The molecular formula is C16H24N2O3. The van der Waals surface area contributed by atoms with Gasteiger partial charge in [0.1, 0.15) is 0 Å². The average Bonchev–Trinajstić information content (AvgIpc) is 2.44. The monoisotopic (exact) mass is 292 g/mol. The minimum atomic E-state index is -0.464. The van der Waals surface area contributed by atoms with Crippen LogP contribution < -0.4 is 10.6 Å². The summed E-state index contributed by atoms with van der Waals surface area (Å²) in [5, 5.41) is 14.8. The molecule has 0 saturated carbocycles. The van der Waals surface area contributed by atoms with Gasteiger partial charge < -0.3 is 15.7 Å². The third-order valence-electron chi connectivity index (χ3n) is 3.04. The van der Waals surface area contributed by atoms with Gasteiger partial charge in [-0.2, -0.15) is 0 Å². The minimum Gasteiger partial charge on any atom is -0.394 e. The second kappa shape index (κ2) is 7.78. The number of nitrogens with one attached hydrogen (secondary N) is 2. The molecule has 1 atom stereocenters. The Morgan fingerprint density at radius 1 is 1.19 bits per heavy atom. The molecule has 1 aromatic carbocycles. The van der Waals surface area contributed by atoms with Gasteiger partial charge in [-0.15, -0.1) is 0 Å². The summed E-state index contributed by atoms with van der Waals surface area (Å²) in [4.78, 5) is 23.5. The number of benzene rings is 1. The molecule has 0 aliphatic heterocycles. The van der Waals surface area contributed by atoms with Crippen molar-refractivity contribution in [2.24, 2.45) is 5.41 Å². The fourth-order valence-electron chi connectivity index (χ4n) is 1.74. The topological polar surface area (TPSA) is 78.4 Å². The van der Waals surface area contributed by atoms with E-state index < -0.39 is 11.5 Å². The maximum Gasteiger partial charge on any atom is 0.225 e. The molecule has 5 nitrogen and oxygen atoms in total. The van der Waals surface area contributed by atoms with E-state index in [9.17, 15) is 14.7 Å². The van der Waals surface area contributed by atoms with Gasteiger partial charge in [0.2, 0.25) is 11.8 Å². The first kappa shape index (κ1) is 17.2. The van der Waals surface area contributed by atoms with Gasteiger partial charge in [0.25, 0.3) is 0 Å². The molecule has 21 heavy (non-hydrogen) atoms. The fourth-order valence-corrected chi connectivity index (χ4v) is 1.74. The van der Waals surface area contributed by atoms with Crippen molar-refractivity contribution in [2.75, 3.05) is 13.2 Å². The Hall–Kier alpha value is -1.88. The Kier molecular flexibility index (Phi) is 6.37. The second-order valence-corrected chi connectivity index (χ2v) is 5.97. The van der Waals surface area contributed by atoms with E-state index in [4.69, 9.17) is 0 Å². The maximum atomic E-state index is 11.8. The van der Waals surface area contributed by atoms with Crippen molar-refractivity contribution in [3.05, 3.63) is 35.9 Å². The fraction of sp³-hybridized carbons (Fsp3) is 0.500. The summed E-state index contributed by atoms with van der Waals surface area (Å²) in [6.07, 6.45) is 0.186. The summed E-state index contributed by atoms with van der Waals surface area (Å²) in [6.45, 7) is 5.58. The molecule has 116 valence electrons. The van der Waals surface area contributed by atoms with Gasteiger partial charge in [0, 0.05) is 18.4 Å². The van der Waals surface area contributed by atoms with Gasteiger partial charge in [0.15, 0.2) is 0 Å². The molecule has 0 radical (unpaired) electrons. The normalized spacial score (nSPS) is 12.6. The molecule has 0 bridgehead atoms. The van der Waals surface area contributed by atoms with Crippen molar-refractivity contribution < 1.29 is 14.7 Å². The Morgan fingerprint density at radius 2 is 1.81 bits per heavy atom. The predicted octanol–water partition coefficient (Wildman–Crippen LogP) is 1.39. The molecule has 1 rings (SSSR count). The Morgan fingerprint density at radius 3 is 2.33 bits per heavy atom. The zero-order valence-corrected chi connectivity index (χ0v) is 12.8. The highest BCUT2D eigenvalue weighted by molar-refractivity contribution is 5.82. The molecule has 0 aromatic heterocycles. The number of aliphatic hydroxyl groups excluding tert-OH is 1. The van der Waals surface area contributed by atoms with Gasteiger partial charge in [-0.1, -0.05) is 51.1 Å². The molecule has 0 spiro atoms. The number of hydrogen-bond acceptors (Lipinski definition) is 3. The van der Waals surface area contributed by atoms with Crippen molar-refractivity contribution in [1.29, 1.82) is 0 Å². The van der Waals surface area contributed by atoms with Crippen LogP contribution in [-0.4, -0.2) is 30.1 Å². The van der Waals surface area contributed by atoms with Crippen molar-refractivity contribution in [2.45, 2.75) is 33.2 Å². The summed E-state index contributed by atoms with van der Waals surface area (Å²) in [7, 11) is 0. The van der Waals surface area contributed by atoms with E-state index in [0.29, 0.717) is 0 Å². The molecule has 0 aliphatic carbocycles. The third kappa shape index (κ3) is 5.95. The molecular weight excluding hydrogens is 268 g/mol. The first-order valence-corrected chi connectivity index (χ1v) is 7.08. The zero-order valence-electron chi connectivity index (χ0n) is 12.8. The second-order valence-electron chi connectivity index (χ2n) is 5.97. The van der Waals surface area contributed by atoms with Crippen LogP contribution >= 0.6 is 0 Å². The first-order chi connectivity index (χ1) is 9.84. The lowest BCUT2D eigenvalue weighted by molar-refractivity contribution is -0.128. The third-order valence-corrected chi connectivity index (χ3v) is 3.04. The summed E-state index contributed by atoms with van der Waals surface area (Å²) < 4.78 is 0. The van der Waals surface area contributed by atoms with E-state index in [0.717, 1.165) is 5.56 Å². The van der Waals surface area contributed by atoms with Gasteiger partial charge in [-0.05, 0) is 5.56 Å². The number of carbonyl (C=O) groups is 2. The average molecular weight is 292 g/mol. The summed E-state index contributed by atoms with van der Waals surface area (Å²) in [6, 6.07) is 8.87. The van der Waals surface area contributed by atoms with Crippen LogP contribution in [-0.2, 0) is 9.59 Å². The SMILES string of the molecule is CC(C)(C)C(=O)NCCC(=O)NC(CO)c1ccccc1. The first-order valence-electron chi connectivity index (χ1n) is 7.08. The highest BCUT2D eigenvalue weighted by atomic mass is 16.3. The van der Waals surface area contributed by atoms with Crippen molar-refractivity contribution >= 4 is 11.8 Å². The van der Waals surface area contributed by atoms with Crippen LogP contribution in [0.4, 0.5) is 0 Å². The zero-order chi connectivity index (χ0) is 15.9. The van der Waals surface area contributed by atoms with Crippen LogP contribution in [0.1, 0.15) is 38.8 Å². The van der Waals surface area contributed by atoms with Crippen LogP contribution in [0.3, 0.4) is 0 Å². The van der Waals surface area contributed by atoms with Crippen LogP contribution in [0.5, 0.6) is 0 Å². The van der Waals surface area contributed by atoms with Gasteiger partial charge in [0.05, 0.1) is 12.6 Å². The number of carbonyl (C=O) groups excluding carboxylic acids is 2. The standard InChI is InChI=1S/C16H24N2O3/c1-16(2,3)15(21)17-10-9-14(20)18-13(11-19)12-7-5-4-6-8-12/h4-8,13,19H,9-11H2,1-3H3,(H,17,21)(H,18,20). The Bertz CT molecular complexity index is 466. The van der Waals surface area contributed by atoms with Crippen LogP contribution in [0.25, 0.3) is 0 Å². The molecule has 2 amide bonds. The lowest BCUT2D eigenvalue weighted by atomic mass is 9.96. The smallest absolute Gasteiger partial charge is 0.225 e. The summed E-state index contributed by atoms with van der Waals surface area (Å²) in [5.41, 5.74) is 0.390. The number of amides is 2. The van der Waals surface area contributed by atoms with Crippen molar-refractivity contribution in [3.63, 3.8) is 0 Å². The lowest BCUT2D eigenvalue weighted by Crippen LogP contribution is -2.38. The maximum absolute atomic E-state index is 11.8. The van der Waals surface area contributed by atoms with Crippen molar-refractivity contribution in [3.8, 4) is 0 Å². The van der Waals surface area contributed by atoms with E-state index in [1.165, 1.54) is 0 Å². The number of aliphatic hydroxyl groups is 1. The van der Waals surface area contributed by atoms with E-state index in [2.05, 4.69) is 10.6 Å². The van der Waals surface area contributed by atoms with E-state index in [1.807, 2.05) is 51.1 Å². The van der Waals surface area contributed by atoms with Crippen LogP contribution in [0.15, 0.2) is 30.3 Å². The number of rotatable bonds is 6. The van der Waals surface area contributed by atoms with Crippen molar-refractivity contribution in [1.82, 2.24) is 10.6 Å². The van der Waals surface area contributed by atoms with E-state index >= 15 is 0 Å². The Balaban J connectivity index is 2.41. The van der Waals surface area contributed by atoms with Gasteiger partial charge >= 0.3 is 0 Å². The van der Waals surface area contributed by atoms with Crippen LogP contribution in [0.2, 0.25) is 0 Å².